The Hall–Kier alpha value is -1.10. The van der Waals surface area contributed by atoms with Crippen LogP contribution < -0.4 is 16.4 Å². The number of hydrogen-bond donors (Lipinski definition) is 3. The first-order valence-electron chi connectivity index (χ1n) is 7.44. The highest BCUT2D eigenvalue weighted by atomic mass is 16.2. The van der Waals surface area contributed by atoms with Crippen LogP contribution in [-0.2, 0) is 9.59 Å². The summed E-state index contributed by atoms with van der Waals surface area (Å²) in [4.78, 5) is 23.6. The highest BCUT2D eigenvalue weighted by molar-refractivity contribution is 5.83. The first kappa shape index (κ1) is 14.3. The van der Waals surface area contributed by atoms with E-state index in [-0.39, 0.29) is 23.3 Å². The second-order valence-corrected chi connectivity index (χ2v) is 5.91. The van der Waals surface area contributed by atoms with Crippen molar-refractivity contribution in [1.29, 1.82) is 0 Å². The van der Waals surface area contributed by atoms with Crippen LogP contribution in [0, 0.1) is 5.41 Å². The summed E-state index contributed by atoms with van der Waals surface area (Å²) >= 11 is 0. The molecule has 0 radical (unpaired) electrons. The zero-order valence-corrected chi connectivity index (χ0v) is 11.5. The van der Waals surface area contributed by atoms with Gasteiger partial charge in [-0.2, -0.15) is 0 Å². The maximum absolute atomic E-state index is 12.4. The fourth-order valence-corrected chi connectivity index (χ4v) is 3.16. The van der Waals surface area contributed by atoms with Crippen molar-refractivity contribution in [2.45, 2.75) is 57.4 Å². The molecule has 2 amide bonds. The summed E-state index contributed by atoms with van der Waals surface area (Å²) in [5.41, 5.74) is 5.51. The van der Waals surface area contributed by atoms with Crippen molar-refractivity contribution in [3.8, 4) is 0 Å². The minimum Gasteiger partial charge on any atom is -0.354 e. The maximum Gasteiger partial charge on any atom is 0.227 e. The molecule has 5 nitrogen and oxygen atoms in total. The smallest absolute Gasteiger partial charge is 0.227 e. The third kappa shape index (κ3) is 3.47. The van der Waals surface area contributed by atoms with Gasteiger partial charge in [-0.25, -0.2) is 0 Å². The van der Waals surface area contributed by atoms with Gasteiger partial charge in [0.05, 0.1) is 5.41 Å². The third-order valence-electron chi connectivity index (χ3n) is 4.53. The van der Waals surface area contributed by atoms with E-state index in [1.165, 1.54) is 12.8 Å². The molecule has 5 heteroatoms. The van der Waals surface area contributed by atoms with Gasteiger partial charge in [-0.05, 0) is 19.3 Å². The molecule has 0 spiro atoms. The lowest BCUT2D eigenvalue weighted by atomic mass is 9.79. The molecular formula is C14H25N3O2. The summed E-state index contributed by atoms with van der Waals surface area (Å²) in [6.45, 7) is 0.960. The Balaban J connectivity index is 1.87. The Morgan fingerprint density at radius 1 is 1.32 bits per heavy atom. The average molecular weight is 267 g/mol. The lowest BCUT2D eigenvalue weighted by Gasteiger charge is -2.30. The van der Waals surface area contributed by atoms with Crippen LogP contribution in [0.4, 0.5) is 0 Å². The van der Waals surface area contributed by atoms with E-state index >= 15 is 0 Å². The molecule has 1 unspecified atom stereocenters. The molecule has 1 saturated heterocycles. The first-order valence-corrected chi connectivity index (χ1v) is 7.44. The summed E-state index contributed by atoms with van der Waals surface area (Å²) in [7, 11) is 0. The number of nitrogens with one attached hydrogen (secondary N) is 2. The van der Waals surface area contributed by atoms with Crippen LogP contribution in [0.5, 0.6) is 0 Å². The van der Waals surface area contributed by atoms with Crippen LogP contribution in [0.1, 0.15) is 51.4 Å². The lowest BCUT2D eigenvalue weighted by Crippen LogP contribution is -2.49. The number of carbonyl (C=O) groups is 2. The fourth-order valence-electron chi connectivity index (χ4n) is 3.16. The van der Waals surface area contributed by atoms with Gasteiger partial charge in [0.1, 0.15) is 0 Å². The number of rotatable bonds is 4. The summed E-state index contributed by atoms with van der Waals surface area (Å²) in [6, 6.07) is 0.0945. The molecule has 0 bridgehead atoms. The zero-order chi connectivity index (χ0) is 13.7. The average Bonchev–Trinajstić information content (AvgIpc) is 2.69. The van der Waals surface area contributed by atoms with Crippen molar-refractivity contribution in [3.05, 3.63) is 0 Å². The van der Waals surface area contributed by atoms with Crippen molar-refractivity contribution in [3.63, 3.8) is 0 Å². The van der Waals surface area contributed by atoms with Crippen LogP contribution in [0.25, 0.3) is 0 Å². The van der Waals surface area contributed by atoms with Crippen LogP contribution in [0.15, 0.2) is 0 Å². The fraction of sp³-hybridized carbons (Fsp3) is 0.857. The van der Waals surface area contributed by atoms with E-state index in [1.54, 1.807) is 0 Å². The molecule has 4 N–H and O–H groups in total. The molecule has 2 rings (SSSR count). The third-order valence-corrected chi connectivity index (χ3v) is 4.53. The molecule has 0 aromatic heterocycles. The lowest BCUT2D eigenvalue weighted by molar-refractivity contribution is -0.131. The van der Waals surface area contributed by atoms with Crippen molar-refractivity contribution in [1.82, 2.24) is 10.6 Å². The standard InChI is InChI=1S/C14H25N3O2/c15-10-14(7-3-1-2-4-8-14)13(19)16-9-11-5-6-12(18)17-11/h11H,1-10,15H2,(H,16,19)(H,17,18). The van der Waals surface area contributed by atoms with Gasteiger partial charge in [0.15, 0.2) is 0 Å². The van der Waals surface area contributed by atoms with Gasteiger partial charge in [-0.15, -0.1) is 0 Å². The summed E-state index contributed by atoms with van der Waals surface area (Å²) < 4.78 is 0. The second-order valence-electron chi connectivity index (χ2n) is 5.91. The van der Waals surface area contributed by atoms with Gasteiger partial charge in [-0.1, -0.05) is 25.7 Å². The van der Waals surface area contributed by atoms with E-state index in [9.17, 15) is 9.59 Å². The van der Waals surface area contributed by atoms with Gasteiger partial charge >= 0.3 is 0 Å². The van der Waals surface area contributed by atoms with E-state index in [0.29, 0.717) is 19.5 Å². The maximum atomic E-state index is 12.4. The van der Waals surface area contributed by atoms with E-state index in [0.717, 1.165) is 32.1 Å². The number of carbonyl (C=O) groups excluding carboxylic acids is 2. The van der Waals surface area contributed by atoms with E-state index in [4.69, 9.17) is 5.73 Å². The number of amides is 2. The van der Waals surface area contributed by atoms with E-state index < -0.39 is 0 Å². The number of nitrogens with two attached hydrogens (primary N) is 1. The summed E-state index contributed by atoms with van der Waals surface area (Å²) in [5, 5.41) is 5.87. The molecule has 2 fully saturated rings. The van der Waals surface area contributed by atoms with Gasteiger partial charge in [0.25, 0.3) is 0 Å². The van der Waals surface area contributed by atoms with Crippen molar-refractivity contribution in [2.75, 3.05) is 13.1 Å². The van der Waals surface area contributed by atoms with Gasteiger partial charge < -0.3 is 16.4 Å². The van der Waals surface area contributed by atoms with Crippen molar-refractivity contribution < 1.29 is 9.59 Å². The summed E-state index contributed by atoms with van der Waals surface area (Å²) in [5.74, 6) is 0.167. The summed E-state index contributed by atoms with van der Waals surface area (Å²) in [6.07, 6.45) is 7.76. The second kappa shape index (κ2) is 6.37. The van der Waals surface area contributed by atoms with E-state index in [2.05, 4.69) is 10.6 Å². The van der Waals surface area contributed by atoms with Gasteiger partial charge in [0, 0.05) is 25.6 Å². The van der Waals surface area contributed by atoms with Crippen LogP contribution in [0.3, 0.4) is 0 Å². The van der Waals surface area contributed by atoms with Gasteiger partial charge in [-0.3, -0.25) is 9.59 Å². The molecular weight excluding hydrogens is 242 g/mol. The topological polar surface area (TPSA) is 84.2 Å². The predicted molar refractivity (Wildman–Crippen MR) is 73.4 cm³/mol. The highest BCUT2D eigenvalue weighted by Gasteiger charge is 2.37. The molecule has 1 saturated carbocycles. The molecule has 108 valence electrons. The van der Waals surface area contributed by atoms with Crippen LogP contribution in [0.2, 0.25) is 0 Å². The SMILES string of the molecule is NCC1(C(=O)NCC2CCC(=O)N2)CCCCCC1. The molecule has 1 aliphatic carbocycles. The Morgan fingerprint density at radius 2 is 2.00 bits per heavy atom. The molecule has 19 heavy (non-hydrogen) atoms. The highest BCUT2D eigenvalue weighted by Crippen LogP contribution is 2.34. The molecule has 1 heterocycles. The van der Waals surface area contributed by atoms with E-state index in [1.807, 2.05) is 0 Å². The number of hydrogen-bond acceptors (Lipinski definition) is 3. The molecule has 2 aliphatic rings. The Kier molecular flexibility index (Phi) is 4.80. The van der Waals surface area contributed by atoms with Crippen molar-refractivity contribution >= 4 is 11.8 Å². The largest absolute Gasteiger partial charge is 0.354 e. The first-order chi connectivity index (χ1) is 9.16. The minimum absolute atomic E-state index is 0.0815. The molecule has 0 aromatic rings. The zero-order valence-electron chi connectivity index (χ0n) is 11.5. The van der Waals surface area contributed by atoms with Gasteiger partial charge in [0.2, 0.25) is 11.8 Å². The quantitative estimate of drug-likeness (QED) is 0.655. The monoisotopic (exact) mass is 267 g/mol. The molecule has 1 aliphatic heterocycles. The Bertz CT molecular complexity index is 336. The minimum atomic E-state index is -0.376. The van der Waals surface area contributed by atoms with Crippen molar-refractivity contribution in [2.24, 2.45) is 11.1 Å². The molecule has 1 atom stereocenters. The molecule has 0 aromatic carbocycles. The Labute approximate surface area is 114 Å². The predicted octanol–water partition coefficient (Wildman–Crippen LogP) is 0.680. The normalized spacial score (nSPS) is 26.6. The van der Waals surface area contributed by atoms with Crippen LogP contribution >= 0.6 is 0 Å². The Morgan fingerprint density at radius 3 is 2.53 bits per heavy atom. The van der Waals surface area contributed by atoms with Crippen LogP contribution in [-0.4, -0.2) is 30.9 Å².